The van der Waals surface area contributed by atoms with E-state index in [4.69, 9.17) is 5.73 Å². The molecule has 2 rings (SSSR count). The molecule has 4 heteroatoms. The Balaban J connectivity index is 2.11. The van der Waals surface area contributed by atoms with Gasteiger partial charge in [-0.3, -0.25) is 0 Å². The fourth-order valence-electron chi connectivity index (χ4n) is 2.27. The molecule has 2 unspecified atom stereocenters. The van der Waals surface area contributed by atoms with Crippen molar-refractivity contribution in [2.45, 2.75) is 39.2 Å². The number of hydrogen-bond donors (Lipinski definition) is 1. The van der Waals surface area contributed by atoms with Crippen LogP contribution in [0.2, 0.25) is 0 Å². The van der Waals surface area contributed by atoms with Gasteiger partial charge in [-0.05, 0) is 25.2 Å². The van der Waals surface area contributed by atoms with Crippen LogP contribution in [0.4, 0.5) is 5.82 Å². The van der Waals surface area contributed by atoms with Gasteiger partial charge in [0.05, 0.1) is 0 Å². The zero-order chi connectivity index (χ0) is 12.4. The predicted molar refractivity (Wildman–Crippen MR) is 70.1 cm³/mol. The Bertz CT molecular complexity index is 375. The summed E-state index contributed by atoms with van der Waals surface area (Å²) in [4.78, 5) is 11.0. The maximum absolute atomic E-state index is 5.96. The van der Waals surface area contributed by atoms with Crippen molar-refractivity contribution in [3.05, 3.63) is 18.1 Å². The zero-order valence-electron chi connectivity index (χ0n) is 10.9. The second-order valence-corrected chi connectivity index (χ2v) is 5.31. The van der Waals surface area contributed by atoms with Crippen molar-refractivity contribution in [2.75, 3.05) is 18.0 Å². The van der Waals surface area contributed by atoms with Crippen LogP contribution >= 0.6 is 0 Å². The van der Waals surface area contributed by atoms with Crippen LogP contribution in [0.25, 0.3) is 0 Å². The van der Waals surface area contributed by atoms with Gasteiger partial charge in [-0.15, -0.1) is 0 Å². The Hall–Kier alpha value is -1.16. The van der Waals surface area contributed by atoms with Crippen molar-refractivity contribution >= 4 is 5.82 Å². The van der Waals surface area contributed by atoms with Crippen molar-refractivity contribution < 1.29 is 0 Å². The molecule has 1 fully saturated rings. The number of nitrogens with zero attached hydrogens (tertiary/aromatic N) is 3. The summed E-state index contributed by atoms with van der Waals surface area (Å²) < 4.78 is 0. The van der Waals surface area contributed by atoms with Crippen LogP contribution in [-0.2, 0) is 0 Å². The lowest BCUT2D eigenvalue weighted by atomic mass is 10.0. The number of hydrogen-bond acceptors (Lipinski definition) is 4. The number of rotatable bonds is 3. The summed E-state index contributed by atoms with van der Waals surface area (Å²) in [6.07, 6.45) is 2.84. The first-order valence-electron chi connectivity index (χ1n) is 6.40. The van der Waals surface area contributed by atoms with Crippen LogP contribution in [0.5, 0.6) is 0 Å². The molecule has 0 aromatic carbocycles. The van der Waals surface area contributed by atoms with E-state index in [1.165, 1.54) is 6.42 Å². The lowest BCUT2D eigenvalue weighted by Crippen LogP contribution is -2.30. The molecule has 2 atom stereocenters. The topological polar surface area (TPSA) is 55.0 Å². The van der Waals surface area contributed by atoms with Crippen LogP contribution in [0.3, 0.4) is 0 Å². The van der Waals surface area contributed by atoms with Crippen LogP contribution in [-0.4, -0.2) is 29.1 Å². The normalized spacial score (nSPS) is 22.2. The summed E-state index contributed by atoms with van der Waals surface area (Å²) in [6, 6.07) is 2.38. The molecular weight excluding hydrogens is 212 g/mol. The molecule has 1 saturated heterocycles. The molecule has 17 heavy (non-hydrogen) atoms. The smallest absolute Gasteiger partial charge is 0.132 e. The van der Waals surface area contributed by atoms with E-state index in [-0.39, 0.29) is 6.04 Å². The highest BCUT2D eigenvalue weighted by atomic mass is 15.2. The maximum atomic E-state index is 5.96. The van der Waals surface area contributed by atoms with Crippen LogP contribution in [0, 0.1) is 5.92 Å². The van der Waals surface area contributed by atoms with E-state index in [9.17, 15) is 0 Å². The lowest BCUT2D eigenvalue weighted by molar-refractivity contribution is 0.488. The largest absolute Gasteiger partial charge is 0.356 e. The van der Waals surface area contributed by atoms with Gasteiger partial charge < -0.3 is 10.6 Å². The molecule has 4 nitrogen and oxygen atoms in total. The first-order valence-corrected chi connectivity index (χ1v) is 6.40. The Morgan fingerprint density at radius 2 is 2.12 bits per heavy atom. The van der Waals surface area contributed by atoms with Gasteiger partial charge in [-0.25, -0.2) is 9.97 Å². The third kappa shape index (κ3) is 2.75. The molecule has 0 bridgehead atoms. The van der Waals surface area contributed by atoms with Gasteiger partial charge >= 0.3 is 0 Å². The summed E-state index contributed by atoms with van der Waals surface area (Å²) in [5, 5.41) is 0. The number of aromatic nitrogens is 2. The lowest BCUT2D eigenvalue weighted by Gasteiger charge is -2.19. The van der Waals surface area contributed by atoms with Crippen LogP contribution < -0.4 is 10.6 Å². The van der Waals surface area contributed by atoms with Gasteiger partial charge in [0.15, 0.2) is 0 Å². The van der Waals surface area contributed by atoms with Crippen LogP contribution in [0.1, 0.15) is 38.8 Å². The molecule has 1 aliphatic heterocycles. The second-order valence-electron chi connectivity index (χ2n) is 5.31. The monoisotopic (exact) mass is 234 g/mol. The predicted octanol–water partition coefficient (Wildman–Crippen LogP) is 1.77. The molecule has 0 aliphatic carbocycles. The summed E-state index contributed by atoms with van der Waals surface area (Å²) in [6.45, 7) is 8.47. The van der Waals surface area contributed by atoms with Gasteiger partial charge in [0.25, 0.3) is 0 Å². The summed E-state index contributed by atoms with van der Waals surface area (Å²) >= 11 is 0. The third-order valence-electron chi connectivity index (χ3n) is 3.56. The van der Waals surface area contributed by atoms with Crippen molar-refractivity contribution in [2.24, 2.45) is 11.7 Å². The van der Waals surface area contributed by atoms with Gasteiger partial charge in [0.1, 0.15) is 12.1 Å². The minimum atomic E-state index is 0.270. The van der Waals surface area contributed by atoms with Gasteiger partial charge in [0, 0.05) is 30.9 Å². The summed E-state index contributed by atoms with van der Waals surface area (Å²) in [5.74, 6) is 2.09. The maximum Gasteiger partial charge on any atom is 0.132 e. The van der Waals surface area contributed by atoms with Crippen LogP contribution in [0.15, 0.2) is 12.4 Å². The van der Waals surface area contributed by atoms with Gasteiger partial charge in [-0.2, -0.15) is 0 Å². The van der Waals surface area contributed by atoms with Gasteiger partial charge in [0.2, 0.25) is 0 Å². The molecule has 2 heterocycles. The van der Waals surface area contributed by atoms with E-state index >= 15 is 0 Å². The fourth-order valence-corrected chi connectivity index (χ4v) is 2.27. The average Bonchev–Trinajstić information content (AvgIpc) is 2.78. The summed E-state index contributed by atoms with van der Waals surface area (Å²) in [5.41, 5.74) is 7.07. The minimum absolute atomic E-state index is 0.270. The summed E-state index contributed by atoms with van der Waals surface area (Å²) in [7, 11) is 0. The minimum Gasteiger partial charge on any atom is -0.356 e. The molecule has 0 saturated carbocycles. The molecule has 0 radical (unpaired) electrons. The van der Waals surface area contributed by atoms with Crippen molar-refractivity contribution in [3.63, 3.8) is 0 Å². The average molecular weight is 234 g/mol. The molecule has 0 spiro atoms. The van der Waals surface area contributed by atoms with E-state index in [1.54, 1.807) is 6.33 Å². The quantitative estimate of drug-likeness (QED) is 0.866. The van der Waals surface area contributed by atoms with E-state index in [0.29, 0.717) is 11.8 Å². The van der Waals surface area contributed by atoms with E-state index < -0.39 is 0 Å². The fraction of sp³-hybridized carbons (Fsp3) is 0.692. The Labute approximate surface area is 103 Å². The Kier molecular flexibility index (Phi) is 3.62. The number of nitrogens with two attached hydrogens (primary N) is 1. The Morgan fingerprint density at radius 3 is 2.71 bits per heavy atom. The molecule has 1 aromatic heterocycles. The second kappa shape index (κ2) is 5.00. The first kappa shape index (κ1) is 12.3. The third-order valence-corrected chi connectivity index (χ3v) is 3.56. The van der Waals surface area contributed by atoms with E-state index in [1.807, 2.05) is 0 Å². The van der Waals surface area contributed by atoms with Gasteiger partial charge in [-0.1, -0.05) is 13.8 Å². The zero-order valence-corrected chi connectivity index (χ0v) is 10.9. The Morgan fingerprint density at radius 1 is 1.35 bits per heavy atom. The molecule has 1 aromatic rings. The molecule has 2 N–H and O–H groups in total. The SMILES string of the molecule is CC(C)c1cc(N2CCC(C(C)N)C2)ncn1. The molecule has 1 aliphatic rings. The standard InChI is InChI=1S/C13H22N4/c1-9(2)12-6-13(16-8-15-12)17-5-4-11(7-17)10(3)14/h6,8-11H,4-5,7,14H2,1-3H3. The molecule has 0 amide bonds. The first-order chi connectivity index (χ1) is 8.08. The highest BCUT2D eigenvalue weighted by Gasteiger charge is 2.26. The molecule has 94 valence electrons. The van der Waals surface area contributed by atoms with E-state index in [2.05, 4.69) is 41.7 Å². The van der Waals surface area contributed by atoms with Crippen molar-refractivity contribution in [3.8, 4) is 0 Å². The van der Waals surface area contributed by atoms with E-state index in [0.717, 1.165) is 24.6 Å². The van der Waals surface area contributed by atoms with Crippen molar-refractivity contribution in [1.82, 2.24) is 9.97 Å². The highest BCUT2D eigenvalue weighted by molar-refractivity contribution is 5.40. The molecular formula is C13H22N4. The number of anilines is 1. The van der Waals surface area contributed by atoms with Crippen molar-refractivity contribution in [1.29, 1.82) is 0 Å². The highest BCUT2D eigenvalue weighted by Crippen LogP contribution is 2.25.